The van der Waals surface area contributed by atoms with Crippen LogP contribution < -0.4 is 9.47 Å². The van der Waals surface area contributed by atoms with Crippen LogP contribution in [0, 0.1) is 0 Å². The second-order valence-corrected chi connectivity index (χ2v) is 5.56. The minimum Gasteiger partial charge on any atom is -0.469 e. The van der Waals surface area contributed by atoms with Crippen molar-refractivity contribution in [2.45, 2.75) is 6.36 Å². The molecule has 0 aliphatic heterocycles. The highest BCUT2D eigenvalue weighted by Gasteiger charge is 2.31. The number of hydrogen-bond acceptors (Lipinski definition) is 5. The molecule has 9 heteroatoms. The van der Waals surface area contributed by atoms with Gasteiger partial charge >= 0.3 is 6.36 Å². The third-order valence-electron chi connectivity index (χ3n) is 3.31. The minimum atomic E-state index is -4.79. The van der Waals surface area contributed by atoms with E-state index in [4.69, 9.17) is 16.3 Å². The molecule has 3 aromatic rings. The number of rotatable bonds is 5. The van der Waals surface area contributed by atoms with E-state index in [0.29, 0.717) is 15.9 Å². The number of ketones is 1. The maximum Gasteiger partial charge on any atom is 0.573 e. The van der Waals surface area contributed by atoms with Gasteiger partial charge in [-0.15, -0.1) is 13.2 Å². The van der Waals surface area contributed by atoms with Crippen LogP contribution in [0.4, 0.5) is 13.2 Å². The van der Waals surface area contributed by atoms with Gasteiger partial charge in [0, 0.05) is 10.6 Å². The normalized spacial score (nSPS) is 11.4. The van der Waals surface area contributed by atoms with E-state index in [1.54, 1.807) is 18.2 Å². The molecule has 1 aromatic heterocycles. The van der Waals surface area contributed by atoms with Crippen LogP contribution in [-0.4, -0.2) is 28.7 Å². The Bertz CT molecular complexity index is 946. The Morgan fingerprint density at radius 1 is 1.08 bits per heavy atom. The lowest BCUT2D eigenvalue weighted by atomic mass is 10.1. The molecule has 0 spiro atoms. The molecule has 0 radical (unpaired) electrons. The average molecular weight is 383 g/mol. The SMILES string of the molecule is O=C(COc1ncnc2cc(Cl)ccc12)c1ccc(OC(F)(F)F)cc1. The predicted molar refractivity (Wildman–Crippen MR) is 87.5 cm³/mol. The van der Waals surface area contributed by atoms with Crippen LogP contribution in [0.5, 0.6) is 11.6 Å². The lowest BCUT2D eigenvalue weighted by molar-refractivity contribution is -0.274. The Hall–Kier alpha value is -2.87. The van der Waals surface area contributed by atoms with Crippen LogP contribution in [-0.2, 0) is 0 Å². The number of aromatic nitrogens is 2. The third-order valence-corrected chi connectivity index (χ3v) is 3.55. The van der Waals surface area contributed by atoms with Gasteiger partial charge in [-0.1, -0.05) is 11.6 Å². The maximum atomic E-state index is 12.2. The van der Waals surface area contributed by atoms with Crippen molar-refractivity contribution in [1.82, 2.24) is 9.97 Å². The van der Waals surface area contributed by atoms with E-state index in [2.05, 4.69) is 14.7 Å². The van der Waals surface area contributed by atoms with E-state index in [1.165, 1.54) is 18.5 Å². The van der Waals surface area contributed by atoms with Gasteiger partial charge in [0.1, 0.15) is 12.1 Å². The van der Waals surface area contributed by atoms with Crippen molar-refractivity contribution in [2.24, 2.45) is 0 Å². The van der Waals surface area contributed by atoms with Gasteiger partial charge in [0.05, 0.1) is 10.9 Å². The van der Waals surface area contributed by atoms with Crippen molar-refractivity contribution in [3.63, 3.8) is 0 Å². The molecule has 0 bridgehead atoms. The highest BCUT2D eigenvalue weighted by Crippen LogP contribution is 2.25. The Kier molecular flexibility index (Phi) is 4.94. The lowest BCUT2D eigenvalue weighted by Gasteiger charge is -2.10. The first-order valence-electron chi connectivity index (χ1n) is 7.24. The van der Waals surface area contributed by atoms with Crippen molar-refractivity contribution in [2.75, 3.05) is 6.61 Å². The average Bonchev–Trinajstić information content (AvgIpc) is 2.58. The molecule has 0 atom stereocenters. The fourth-order valence-corrected chi connectivity index (χ4v) is 2.35. The second kappa shape index (κ2) is 7.17. The van der Waals surface area contributed by atoms with Gasteiger partial charge < -0.3 is 9.47 Å². The topological polar surface area (TPSA) is 61.3 Å². The number of Topliss-reactive ketones (excluding diaryl/α,β-unsaturated/α-hetero) is 1. The fraction of sp³-hybridized carbons (Fsp3) is 0.118. The van der Waals surface area contributed by atoms with Crippen LogP contribution in [0.25, 0.3) is 10.9 Å². The van der Waals surface area contributed by atoms with Gasteiger partial charge in [0.25, 0.3) is 0 Å². The summed E-state index contributed by atoms with van der Waals surface area (Å²) in [6.07, 6.45) is -3.51. The summed E-state index contributed by atoms with van der Waals surface area (Å²) >= 11 is 5.90. The molecule has 0 N–H and O–H groups in total. The van der Waals surface area contributed by atoms with E-state index in [-0.39, 0.29) is 18.1 Å². The molecule has 2 aromatic carbocycles. The standard InChI is InChI=1S/C17H10ClF3N2O3/c18-11-3-6-13-14(7-11)22-9-23-16(13)25-8-15(24)10-1-4-12(5-2-10)26-17(19,20)21/h1-7,9H,8H2. The monoisotopic (exact) mass is 382 g/mol. The van der Waals surface area contributed by atoms with Gasteiger partial charge in [-0.3, -0.25) is 4.79 Å². The molecule has 134 valence electrons. The van der Waals surface area contributed by atoms with E-state index < -0.39 is 17.9 Å². The van der Waals surface area contributed by atoms with E-state index in [1.807, 2.05) is 0 Å². The number of halogens is 4. The van der Waals surface area contributed by atoms with Crippen molar-refractivity contribution in [3.05, 3.63) is 59.4 Å². The minimum absolute atomic E-state index is 0.181. The molecule has 0 aliphatic carbocycles. The first-order valence-corrected chi connectivity index (χ1v) is 7.62. The highest BCUT2D eigenvalue weighted by molar-refractivity contribution is 6.31. The van der Waals surface area contributed by atoms with Gasteiger partial charge in [-0.25, -0.2) is 9.97 Å². The zero-order valence-electron chi connectivity index (χ0n) is 13.0. The number of ether oxygens (including phenoxy) is 2. The summed E-state index contributed by atoms with van der Waals surface area (Å²) in [5.41, 5.74) is 0.740. The number of hydrogen-bond donors (Lipinski definition) is 0. The van der Waals surface area contributed by atoms with E-state index in [0.717, 1.165) is 12.1 Å². The Morgan fingerprint density at radius 3 is 2.50 bits per heavy atom. The molecule has 0 unspecified atom stereocenters. The van der Waals surface area contributed by atoms with E-state index >= 15 is 0 Å². The summed E-state index contributed by atoms with van der Waals surface area (Å²) in [5.74, 6) is -0.630. The summed E-state index contributed by atoms with van der Waals surface area (Å²) in [6.45, 7) is -0.339. The maximum absolute atomic E-state index is 12.2. The van der Waals surface area contributed by atoms with Crippen LogP contribution in [0.1, 0.15) is 10.4 Å². The number of benzene rings is 2. The summed E-state index contributed by atoms with van der Waals surface area (Å²) in [7, 11) is 0. The van der Waals surface area contributed by atoms with Gasteiger partial charge in [0.2, 0.25) is 5.88 Å². The third kappa shape index (κ3) is 4.40. The fourth-order valence-electron chi connectivity index (χ4n) is 2.18. The van der Waals surface area contributed by atoms with E-state index in [9.17, 15) is 18.0 Å². The van der Waals surface area contributed by atoms with Crippen LogP contribution >= 0.6 is 11.6 Å². The first-order chi connectivity index (χ1) is 12.3. The van der Waals surface area contributed by atoms with Gasteiger partial charge in [-0.2, -0.15) is 0 Å². The molecule has 0 saturated heterocycles. The lowest BCUT2D eigenvalue weighted by Crippen LogP contribution is -2.17. The summed E-state index contributed by atoms with van der Waals surface area (Å²) in [5, 5.41) is 1.08. The van der Waals surface area contributed by atoms with Crippen LogP contribution in [0.3, 0.4) is 0 Å². The number of carbonyl (C=O) groups excluding carboxylic acids is 1. The van der Waals surface area contributed by atoms with Gasteiger partial charge in [0.15, 0.2) is 12.4 Å². The zero-order chi connectivity index (χ0) is 18.7. The quantitative estimate of drug-likeness (QED) is 0.610. The van der Waals surface area contributed by atoms with Crippen molar-refractivity contribution < 1.29 is 27.4 Å². The highest BCUT2D eigenvalue weighted by atomic mass is 35.5. The largest absolute Gasteiger partial charge is 0.573 e. The molecule has 5 nitrogen and oxygen atoms in total. The van der Waals surface area contributed by atoms with Crippen molar-refractivity contribution >= 4 is 28.3 Å². The molecular formula is C17H10ClF3N2O3. The summed E-state index contributed by atoms with van der Waals surface area (Å²) in [6, 6.07) is 9.51. The molecule has 26 heavy (non-hydrogen) atoms. The molecular weight excluding hydrogens is 373 g/mol. The second-order valence-electron chi connectivity index (χ2n) is 5.12. The Morgan fingerprint density at radius 2 is 1.81 bits per heavy atom. The Labute approximate surface area is 150 Å². The van der Waals surface area contributed by atoms with Crippen molar-refractivity contribution in [1.29, 1.82) is 0 Å². The molecule has 0 saturated carbocycles. The number of alkyl halides is 3. The zero-order valence-corrected chi connectivity index (χ0v) is 13.7. The number of fused-ring (bicyclic) bond motifs is 1. The molecule has 3 rings (SSSR count). The summed E-state index contributed by atoms with van der Waals surface area (Å²) < 4.78 is 45.6. The van der Waals surface area contributed by atoms with Crippen LogP contribution in [0.2, 0.25) is 5.02 Å². The van der Waals surface area contributed by atoms with Crippen molar-refractivity contribution in [3.8, 4) is 11.6 Å². The molecule has 0 fully saturated rings. The smallest absolute Gasteiger partial charge is 0.469 e. The van der Waals surface area contributed by atoms with Gasteiger partial charge in [-0.05, 0) is 42.5 Å². The van der Waals surface area contributed by atoms with Crippen LogP contribution in [0.15, 0.2) is 48.8 Å². The molecule has 0 aliphatic rings. The Balaban J connectivity index is 1.69. The predicted octanol–water partition coefficient (Wildman–Crippen LogP) is 4.44. The molecule has 0 amide bonds. The number of carbonyl (C=O) groups is 1. The first kappa shape index (κ1) is 17.9. The molecule has 1 heterocycles. The summed E-state index contributed by atoms with van der Waals surface area (Å²) in [4.78, 5) is 20.2. The number of nitrogens with zero attached hydrogens (tertiary/aromatic N) is 2.